The van der Waals surface area contributed by atoms with Gasteiger partial charge in [-0.3, -0.25) is 0 Å². The molecule has 2 aliphatic heterocycles. The van der Waals surface area contributed by atoms with E-state index in [9.17, 15) is 4.79 Å². The summed E-state index contributed by atoms with van der Waals surface area (Å²) >= 11 is 0. The van der Waals surface area contributed by atoms with Gasteiger partial charge in [0, 0.05) is 31.2 Å². The van der Waals surface area contributed by atoms with Crippen molar-refractivity contribution in [3.63, 3.8) is 0 Å². The maximum Gasteiger partial charge on any atom is 0.410 e. The van der Waals surface area contributed by atoms with Gasteiger partial charge in [-0.1, -0.05) is 44.2 Å². The predicted octanol–water partition coefficient (Wildman–Crippen LogP) is 4.67. The van der Waals surface area contributed by atoms with E-state index in [1.54, 1.807) is 0 Å². The maximum atomic E-state index is 12.8. The Morgan fingerprint density at radius 2 is 1.59 bits per heavy atom. The second-order valence-corrected chi connectivity index (χ2v) is 9.23. The van der Waals surface area contributed by atoms with Crippen LogP contribution in [0.5, 0.6) is 0 Å². The first-order chi connectivity index (χ1) is 12.8. The van der Waals surface area contributed by atoms with Crippen molar-refractivity contribution in [1.82, 2.24) is 4.90 Å². The summed E-state index contributed by atoms with van der Waals surface area (Å²) in [4.78, 5) is 14.6. The smallest absolute Gasteiger partial charge is 0.410 e. The molecule has 1 atom stereocenters. The zero-order chi connectivity index (χ0) is 19.1. The highest BCUT2D eigenvalue weighted by Crippen LogP contribution is 2.46. The second kappa shape index (κ2) is 6.78. The highest BCUT2D eigenvalue weighted by atomic mass is 16.7. The van der Waals surface area contributed by atoms with Gasteiger partial charge in [-0.25, -0.2) is 4.79 Å². The Morgan fingerprint density at radius 1 is 0.963 bits per heavy atom. The summed E-state index contributed by atoms with van der Waals surface area (Å²) in [6.07, 6.45) is 3.90. The highest BCUT2D eigenvalue weighted by molar-refractivity contribution is 5.69. The Hall–Kier alpha value is -1.59. The summed E-state index contributed by atoms with van der Waals surface area (Å²) in [5.74, 6) is -0.471. The standard InChI is InChI=1S/C22H31NO4/c1-17(18-7-5-4-6-8-18)23-14-13-21(27-19(23)24)9-11-22(12-10-21)25-15-20(2,3)16-26-22/h4-8,17H,9-16H2,1-3H3/t17-/m0/s1. The van der Waals surface area contributed by atoms with E-state index >= 15 is 0 Å². The van der Waals surface area contributed by atoms with Gasteiger partial charge in [-0.05, 0) is 25.3 Å². The molecule has 148 valence electrons. The molecule has 2 spiro atoms. The third-order valence-corrected chi connectivity index (χ3v) is 6.47. The van der Waals surface area contributed by atoms with Crippen LogP contribution in [-0.4, -0.2) is 42.1 Å². The van der Waals surface area contributed by atoms with Crippen molar-refractivity contribution < 1.29 is 19.0 Å². The lowest BCUT2D eigenvalue weighted by molar-refractivity contribution is -0.320. The van der Waals surface area contributed by atoms with E-state index in [1.165, 1.54) is 0 Å². The highest BCUT2D eigenvalue weighted by Gasteiger charge is 2.51. The van der Waals surface area contributed by atoms with Gasteiger partial charge in [0.25, 0.3) is 0 Å². The molecule has 1 saturated carbocycles. The fraction of sp³-hybridized carbons (Fsp3) is 0.682. The van der Waals surface area contributed by atoms with Crippen molar-refractivity contribution in [3.05, 3.63) is 35.9 Å². The number of carbonyl (C=O) groups excluding carboxylic acids is 1. The largest absolute Gasteiger partial charge is 0.443 e. The first-order valence-corrected chi connectivity index (χ1v) is 10.1. The van der Waals surface area contributed by atoms with Crippen molar-refractivity contribution in [2.45, 2.75) is 70.3 Å². The van der Waals surface area contributed by atoms with Gasteiger partial charge >= 0.3 is 6.09 Å². The van der Waals surface area contributed by atoms with E-state index in [4.69, 9.17) is 14.2 Å². The molecule has 0 N–H and O–H groups in total. The molecule has 0 unspecified atom stereocenters. The van der Waals surface area contributed by atoms with Crippen LogP contribution in [-0.2, 0) is 14.2 Å². The normalized spacial score (nSPS) is 27.4. The van der Waals surface area contributed by atoms with Crippen molar-refractivity contribution in [3.8, 4) is 0 Å². The first kappa shape index (κ1) is 18.8. The molecular weight excluding hydrogens is 342 g/mol. The Balaban J connectivity index is 1.37. The van der Waals surface area contributed by atoms with Crippen LogP contribution in [0, 0.1) is 5.41 Å². The minimum Gasteiger partial charge on any atom is -0.443 e. The topological polar surface area (TPSA) is 48.0 Å². The molecule has 5 nitrogen and oxygen atoms in total. The van der Waals surface area contributed by atoms with Gasteiger partial charge in [-0.2, -0.15) is 0 Å². The molecule has 2 heterocycles. The maximum absolute atomic E-state index is 12.8. The zero-order valence-electron chi connectivity index (χ0n) is 16.7. The molecule has 27 heavy (non-hydrogen) atoms. The summed E-state index contributed by atoms with van der Waals surface area (Å²) in [5, 5.41) is 0. The molecule has 1 amide bonds. The van der Waals surface area contributed by atoms with Gasteiger partial charge in [0.1, 0.15) is 5.60 Å². The Kier molecular flexibility index (Phi) is 4.71. The summed E-state index contributed by atoms with van der Waals surface area (Å²) in [7, 11) is 0. The van der Waals surface area contributed by atoms with Gasteiger partial charge in [0.05, 0.1) is 19.3 Å². The Morgan fingerprint density at radius 3 is 2.19 bits per heavy atom. The van der Waals surface area contributed by atoms with Crippen molar-refractivity contribution in [2.75, 3.05) is 19.8 Å². The molecule has 2 saturated heterocycles. The zero-order valence-corrected chi connectivity index (χ0v) is 16.7. The monoisotopic (exact) mass is 373 g/mol. The predicted molar refractivity (Wildman–Crippen MR) is 102 cm³/mol. The van der Waals surface area contributed by atoms with Gasteiger partial charge in [0.15, 0.2) is 5.79 Å². The minimum absolute atomic E-state index is 0.0261. The molecule has 4 rings (SSSR count). The fourth-order valence-corrected chi connectivity index (χ4v) is 4.44. The van der Waals surface area contributed by atoms with Crippen LogP contribution in [0.4, 0.5) is 4.79 Å². The third-order valence-electron chi connectivity index (χ3n) is 6.47. The van der Waals surface area contributed by atoms with Crippen LogP contribution in [0.15, 0.2) is 30.3 Å². The van der Waals surface area contributed by atoms with Gasteiger partial charge in [-0.15, -0.1) is 0 Å². The van der Waals surface area contributed by atoms with Crippen LogP contribution in [0.3, 0.4) is 0 Å². The molecule has 5 heteroatoms. The van der Waals surface area contributed by atoms with Crippen LogP contribution < -0.4 is 0 Å². The number of amides is 1. The van der Waals surface area contributed by atoms with Crippen molar-refractivity contribution in [1.29, 1.82) is 0 Å². The van der Waals surface area contributed by atoms with Crippen molar-refractivity contribution >= 4 is 6.09 Å². The Bertz CT molecular complexity index is 667. The molecule has 1 aliphatic carbocycles. The quantitative estimate of drug-likeness (QED) is 0.756. The lowest BCUT2D eigenvalue weighted by Gasteiger charge is -2.51. The molecular formula is C22H31NO4. The van der Waals surface area contributed by atoms with Gasteiger partial charge in [0.2, 0.25) is 0 Å². The Labute approximate surface area is 162 Å². The lowest BCUT2D eigenvalue weighted by atomic mass is 9.77. The summed E-state index contributed by atoms with van der Waals surface area (Å²) in [6.45, 7) is 8.57. The summed E-state index contributed by atoms with van der Waals surface area (Å²) < 4.78 is 18.3. The van der Waals surface area contributed by atoms with E-state index in [2.05, 4.69) is 32.9 Å². The van der Waals surface area contributed by atoms with Crippen LogP contribution >= 0.6 is 0 Å². The van der Waals surface area contributed by atoms with E-state index in [-0.39, 0.29) is 23.2 Å². The van der Waals surface area contributed by atoms with E-state index in [0.29, 0.717) is 0 Å². The van der Waals surface area contributed by atoms with Crippen LogP contribution in [0.1, 0.15) is 64.5 Å². The lowest BCUT2D eigenvalue weighted by Crippen LogP contribution is -2.56. The number of rotatable bonds is 2. The number of carbonyl (C=O) groups is 1. The number of benzene rings is 1. The second-order valence-electron chi connectivity index (χ2n) is 9.23. The molecule has 3 fully saturated rings. The first-order valence-electron chi connectivity index (χ1n) is 10.1. The average molecular weight is 373 g/mol. The van der Waals surface area contributed by atoms with E-state index in [0.717, 1.165) is 57.4 Å². The molecule has 0 radical (unpaired) electrons. The van der Waals surface area contributed by atoms with E-state index in [1.807, 2.05) is 23.1 Å². The molecule has 0 bridgehead atoms. The molecule has 0 aromatic heterocycles. The van der Waals surface area contributed by atoms with Crippen molar-refractivity contribution in [2.24, 2.45) is 5.41 Å². The number of hydrogen-bond donors (Lipinski definition) is 0. The van der Waals surface area contributed by atoms with Crippen LogP contribution in [0.25, 0.3) is 0 Å². The van der Waals surface area contributed by atoms with Gasteiger partial charge < -0.3 is 19.1 Å². The third kappa shape index (κ3) is 3.72. The fourth-order valence-electron chi connectivity index (χ4n) is 4.44. The molecule has 1 aromatic rings. The minimum atomic E-state index is -0.471. The van der Waals surface area contributed by atoms with Crippen LogP contribution in [0.2, 0.25) is 0 Å². The summed E-state index contributed by atoms with van der Waals surface area (Å²) in [6, 6.07) is 10.2. The SMILES string of the molecule is C[C@@H](c1ccccc1)N1CCC2(CCC3(CC2)OCC(C)(C)CO3)OC1=O. The number of ether oxygens (including phenoxy) is 3. The number of hydrogen-bond acceptors (Lipinski definition) is 4. The van der Waals surface area contributed by atoms with E-state index < -0.39 is 5.79 Å². The average Bonchev–Trinajstić information content (AvgIpc) is 2.67. The summed E-state index contributed by atoms with van der Waals surface area (Å²) in [5.41, 5.74) is 0.861. The molecule has 3 aliphatic rings. The number of nitrogens with zero attached hydrogens (tertiary/aromatic N) is 1. The molecule has 1 aromatic carbocycles.